The summed E-state index contributed by atoms with van der Waals surface area (Å²) in [5.41, 5.74) is 10.8. The fourth-order valence-corrected chi connectivity index (χ4v) is 8.92. The molecule has 0 unspecified atom stereocenters. The molecule has 0 radical (unpaired) electrons. The molecule has 0 aliphatic heterocycles. The van der Waals surface area contributed by atoms with E-state index in [1.165, 1.54) is 54.1 Å². The first-order valence-electron chi connectivity index (χ1n) is 19.1. The molecule has 0 aliphatic rings. The molecule has 12 aromatic rings. The highest BCUT2D eigenvalue weighted by atomic mass is 15.0. The maximum atomic E-state index is 5.22. The number of hydrogen-bond donors (Lipinski definition) is 0. The molecule has 0 aliphatic carbocycles. The molecule has 3 heterocycles. The van der Waals surface area contributed by atoms with Gasteiger partial charge in [-0.2, -0.15) is 0 Å². The minimum absolute atomic E-state index is 0.705. The minimum Gasteiger partial charge on any atom is -0.309 e. The molecule has 56 heavy (non-hydrogen) atoms. The van der Waals surface area contributed by atoms with Crippen molar-refractivity contribution in [3.05, 3.63) is 194 Å². The largest absolute Gasteiger partial charge is 0.309 e. The van der Waals surface area contributed by atoms with Gasteiger partial charge >= 0.3 is 0 Å². The third-order valence-corrected chi connectivity index (χ3v) is 11.4. The molecule has 3 aromatic heterocycles. The summed E-state index contributed by atoms with van der Waals surface area (Å²) in [6.07, 6.45) is 0. The predicted octanol–water partition coefficient (Wildman–Crippen LogP) is 13.5. The van der Waals surface area contributed by atoms with Gasteiger partial charge in [0.25, 0.3) is 0 Å². The SMILES string of the molecule is c1ccc(-c2nc(-c3cccc(-n4c5ccc(-n6c7ccccc7c7ccc8ccccc8c76)cc5c5cc6ccccc6cc54)c3)nc3ccccc23)cc1. The number of para-hydroxylation sites is 2. The second-order valence-corrected chi connectivity index (χ2v) is 14.6. The summed E-state index contributed by atoms with van der Waals surface area (Å²) >= 11 is 0. The highest BCUT2D eigenvalue weighted by Gasteiger charge is 2.19. The van der Waals surface area contributed by atoms with E-state index in [-0.39, 0.29) is 0 Å². The number of fused-ring (bicyclic) bond motifs is 10. The van der Waals surface area contributed by atoms with Crippen LogP contribution >= 0.6 is 0 Å². The van der Waals surface area contributed by atoms with Crippen LogP contribution in [0.25, 0.3) is 110 Å². The molecule has 12 rings (SSSR count). The molecule has 0 atom stereocenters. The fraction of sp³-hybridized carbons (Fsp3) is 0. The number of benzene rings is 9. The van der Waals surface area contributed by atoms with Crippen LogP contribution in [-0.2, 0) is 0 Å². The molecule has 9 aromatic carbocycles. The molecule has 4 nitrogen and oxygen atoms in total. The molecule has 0 saturated carbocycles. The second-order valence-electron chi connectivity index (χ2n) is 14.6. The number of aromatic nitrogens is 4. The van der Waals surface area contributed by atoms with Crippen LogP contribution in [0.1, 0.15) is 0 Å². The highest BCUT2D eigenvalue weighted by molar-refractivity contribution is 6.19. The van der Waals surface area contributed by atoms with Crippen molar-refractivity contribution in [3.63, 3.8) is 0 Å². The number of nitrogens with zero attached hydrogens (tertiary/aromatic N) is 4. The van der Waals surface area contributed by atoms with Crippen LogP contribution in [-0.4, -0.2) is 19.1 Å². The Hall–Kier alpha value is -7.56. The zero-order valence-corrected chi connectivity index (χ0v) is 30.3. The molecule has 0 saturated heterocycles. The van der Waals surface area contributed by atoms with Gasteiger partial charge < -0.3 is 9.13 Å². The minimum atomic E-state index is 0.705. The number of rotatable bonds is 4. The van der Waals surface area contributed by atoms with Crippen molar-refractivity contribution in [2.24, 2.45) is 0 Å². The van der Waals surface area contributed by atoms with E-state index in [2.05, 4.69) is 191 Å². The summed E-state index contributed by atoms with van der Waals surface area (Å²) in [6.45, 7) is 0. The van der Waals surface area contributed by atoms with Crippen molar-refractivity contribution in [3.8, 4) is 34.0 Å². The van der Waals surface area contributed by atoms with Crippen molar-refractivity contribution in [1.29, 1.82) is 0 Å². The van der Waals surface area contributed by atoms with E-state index >= 15 is 0 Å². The van der Waals surface area contributed by atoms with Crippen LogP contribution in [0.3, 0.4) is 0 Å². The van der Waals surface area contributed by atoms with Gasteiger partial charge in [-0.25, -0.2) is 9.97 Å². The van der Waals surface area contributed by atoms with Gasteiger partial charge in [-0.1, -0.05) is 140 Å². The van der Waals surface area contributed by atoms with Gasteiger partial charge in [0.2, 0.25) is 0 Å². The zero-order chi connectivity index (χ0) is 36.7. The van der Waals surface area contributed by atoms with E-state index < -0.39 is 0 Å². The van der Waals surface area contributed by atoms with Gasteiger partial charge in [0.15, 0.2) is 5.82 Å². The summed E-state index contributed by atoms with van der Waals surface area (Å²) < 4.78 is 4.86. The third kappa shape index (κ3) is 4.60. The van der Waals surface area contributed by atoms with Crippen LogP contribution in [0, 0.1) is 0 Å². The Morgan fingerprint density at radius 2 is 0.982 bits per heavy atom. The van der Waals surface area contributed by atoms with Gasteiger partial charge in [0.05, 0.1) is 33.3 Å². The smallest absolute Gasteiger partial charge is 0.160 e. The molecule has 0 bridgehead atoms. The molecular weight excluding hydrogens is 681 g/mol. The standard InChI is InChI=1S/C52H32N4/c1-2-14-34(15-3-1)50-43-22-8-10-23-46(43)53-52(54-50)37-18-12-19-38(29-37)55-48-28-26-39(32-45(48)44-30-35-16-4-5-17-36(35)31-49(44)55)56-47-24-11-9-21-41(47)42-27-25-33-13-6-7-20-40(33)51(42)56/h1-32H. The van der Waals surface area contributed by atoms with Crippen LogP contribution in [0.5, 0.6) is 0 Å². The predicted molar refractivity (Wildman–Crippen MR) is 234 cm³/mol. The van der Waals surface area contributed by atoms with Crippen molar-refractivity contribution in [2.75, 3.05) is 0 Å². The van der Waals surface area contributed by atoms with E-state index in [0.717, 1.165) is 50.1 Å². The van der Waals surface area contributed by atoms with E-state index in [0.29, 0.717) is 5.82 Å². The van der Waals surface area contributed by atoms with Gasteiger partial charge in [0, 0.05) is 54.8 Å². The van der Waals surface area contributed by atoms with Crippen molar-refractivity contribution in [2.45, 2.75) is 0 Å². The highest BCUT2D eigenvalue weighted by Crippen LogP contribution is 2.40. The molecule has 0 spiro atoms. The number of hydrogen-bond acceptors (Lipinski definition) is 2. The Bertz CT molecular complexity index is 3540. The summed E-state index contributed by atoms with van der Waals surface area (Å²) in [6, 6.07) is 69.7. The summed E-state index contributed by atoms with van der Waals surface area (Å²) in [4.78, 5) is 10.3. The van der Waals surface area contributed by atoms with Crippen LogP contribution in [0.15, 0.2) is 194 Å². The Balaban J connectivity index is 1.11. The lowest BCUT2D eigenvalue weighted by Crippen LogP contribution is -1.98. The first-order valence-corrected chi connectivity index (χ1v) is 19.1. The zero-order valence-electron chi connectivity index (χ0n) is 30.3. The molecule has 0 amide bonds. The van der Waals surface area contributed by atoms with Crippen LogP contribution in [0.4, 0.5) is 0 Å². The van der Waals surface area contributed by atoms with Gasteiger partial charge in [-0.05, 0) is 70.8 Å². The van der Waals surface area contributed by atoms with E-state index in [4.69, 9.17) is 9.97 Å². The molecule has 4 heteroatoms. The van der Waals surface area contributed by atoms with Crippen molar-refractivity contribution in [1.82, 2.24) is 19.1 Å². The summed E-state index contributed by atoms with van der Waals surface area (Å²) in [5, 5.41) is 10.9. The van der Waals surface area contributed by atoms with E-state index in [1.54, 1.807) is 0 Å². The lowest BCUT2D eigenvalue weighted by molar-refractivity contribution is 1.16. The van der Waals surface area contributed by atoms with Crippen LogP contribution < -0.4 is 0 Å². The third-order valence-electron chi connectivity index (χ3n) is 11.4. The van der Waals surface area contributed by atoms with Crippen molar-refractivity contribution < 1.29 is 0 Å². The quantitative estimate of drug-likeness (QED) is 0.182. The first-order chi connectivity index (χ1) is 27.8. The van der Waals surface area contributed by atoms with Crippen molar-refractivity contribution >= 4 is 76.1 Å². The lowest BCUT2D eigenvalue weighted by atomic mass is 10.1. The summed E-state index contributed by atoms with van der Waals surface area (Å²) in [5.74, 6) is 0.705. The first kappa shape index (κ1) is 30.9. The molecule has 260 valence electrons. The average molecular weight is 713 g/mol. The monoisotopic (exact) mass is 712 g/mol. The van der Waals surface area contributed by atoms with E-state index in [9.17, 15) is 0 Å². The fourth-order valence-electron chi connectivity index (χ4n) is 8.92. The maximum Gasteiger partial charge on any atom is 0.160 e. The second kappa shape index (κ2) is 12.0. The molecule has 0 fully saturated rings. The molecule has 0 N–H and O–H groups in total. The Kier molecular flexibility index (Phi) is 6.60. The average Bonchev–Trinajstić information content (AvgIpc) is 3.77. The Morgan fingerprint density at radius 1 is 0.321 bits per heavy atom. The van der Waals surface area contributed by atoms with Gasteiger partial charge in [0.1, 0.15) is 0 Å². The molecular formula is C52H32N4. The topological polar surface area (TPSA) is 35.6 Å². The summed E-state index contributed by atoms with van der Waals surface area (Å²) in [7, 11) is 0. The van der Waals surface area contributed by atoms with Gasteiger partial charge in [-0.15, -0.1) is 0 Å². The Morgan fingerprint density at radius 3 is 1.86 bits per heavy atom. The Labute approximate surface area is 322 Å². The van der Waals surface area contributed by atoms with Crippen LogP contribution in [0.2, 0.25) is 0 Å². The normalized spacial score (nSPS) is 11.9. The maximum absolute atomic E-state index is 5.22. The lowest BCUT2D eigenvalue weighted by Gasteiger charge is -2.13. The van der Waals surface area contributed by atoms with E-state index in [1.807, 2.05) is 12.1 Å². The van der Waals surface area contributed by atoms with Gasteiger partial charge in [-0.3, -0.25) is 0 Å².